The van der Waals surface area contributed by atoms with Gasteiger partial charge >= 0.3 is 0 Å². The van der Waals surface area contributed by atoms with Crippen molar-refractivity contribution >= 4 is 0 Å². The standard InChI is InChI=1S/C21H24O6/c1-23-18-7-6-16(15-5-3-4-14-8-25-9-17(14)15)19(20(18)24-2)27-13-21(10-22)11-26-12-21/h3-7,22H,8-13H2,1-2H3. The van der Waals surface area contributed by atoms with Crippen LogP contribution in [0.5, 0.6) is 17.2 Å². The predicted molar refractivity (Wildman–Crippen MR) is 99.3 cm³/mol. The fraction of sp³-hybridized carbons (Fsp3) is 0.429. The molecule has 1 N–H and O–H groups in total. The van der Waals surface area contributed by atoms with Gasteiger partial charge in [0.05, 0.1) is 52.7 Å². The number of fused-ring (bicyclic) bond motifs is 1. The Labute approximate surface area is 158 Å². The zero-order chi connectivity index (χ0) is 18.9. The van der Waals surface area contributed by atoms with Gasteiger partial charge < -0.3 is 28.8 Å². The van der Waals surface area contributed by atoms with Crippen molar-refractivity contribution < 1.29 is 28.8 Å². The first-order valence-corrected chi connectivity index (χ1v) is 8.96. The molecule has 6 heteroatoms. The normalized spacial score (nSPS) is 17.1. The molecule has 0 aliphatic carbocycles. The average Bonchev–Trinajstić information content (AvgIpc) is 3.15. The fourth-order valence-electron chi connectivity index (χ4n) is 3.55. The highest BCUT2D eigenvalue weighted by Crippen LogP contribution is 2.47. The highest BCUT2D eigenvalue weighted by atomic mass is 16.5. The molecule has 1 fully saturated rings. The van der Waals surface area contributed by atoms with Gasteiger partial charge in [0.2, 0.25) is 5.75 Å². The Kier molecular flexibility index (Phi) is 4.95. The van der Waals surface area contributed by atoms with Gasteiger partial charge in [0.1, 0.15) is 6.61 Å². The number of aliphatic hydroxyl groups excluding tert-OH is 1. The van der Waals surface area contributed by atoms with Crippen molar-refractivity contribution in [1.82, 2.24) is 0 Å². The monoisotopic (exact) mass is 372 g/mol. The average molecular weight is 372 g/mol. The molecule has 0 amide bonds. The molecule has 0 spiro atoms. The van der Waals surface area contributed by atoms with Crippen LogP contribution in [0.4, 0.5) is 0 Å². The van der Waals surface area contributed by atoms with Crippen LogP contribution in [0.2, 0.25) is 0 Å². The Morgan fingerprint density at radius 2 is 1.81 bits per heavy atom. The van der Waals surface area contributed by atoms with Gasteiger partial charge in [-0.3, -0.25) is 0 Å². The quantitative estimate of drug-likeness (QED) is 0.806. The van der Waals surface area contributed by atoms with Gasteiger partial charge in [-0.05, 0) is 28.8 Å². The minimum absolute atomic E-state index is 0.0171. The zero-order valence-electron chi connectivity index (χ0n) is 15.6. The number of hydrogen-bond acceptors (Lipinski definition) is 6. The third kappa shape index (κ3) is 3.14. The van der Waals surface area contributed by atoms with Crippen LogP contribution in [-0.2, 0) is 22.7 Å². The first-order chi connectivity index (χ1) is 13.2. The summed E-state index contributed by atoms with van der Waals surface area (Å²) in [6.07, 6.45) is 0. The van der Waals surface area contributed by atoms with Crippen LogP contribution in [-0.4, -0.2) is 45.8 Å². The van der Waals surface area contributed by atoms with E-state index in [1.165, 1.54) is 11.1 Å². The molecule has 2 aromatic carbocycles. The third-order valence-electron chi connectivity index (χ3n) is 5.24. The second kappa shape index (κ2) is 7.38. The van der Waals surface area contributed by atoms with Gasteiger partial charge in [0.25, 0.3) is 0 Å². The Morgan fingerprint density at radius 1 is 0.963 bits per heavy atom. The molecule has 0 atom stereocenters. The zero-order valence-corrected chi connectivity index (χ0v) is 15.6. The van der Waals surface area contributed by atoms with Gasteiger partial charge in [-0.25, -0.2) is 0 Å². The van der Waals surface area contributed by atoms with Crippen molar-refractivity contribution in [3.8, 4) is 28.4 Å². The van der Waals surface area contributed by atoms with Crippen LogP contribution in [0.15, 0.2) is 30.3 Å². The van der Waals surface area contributed by atoms with Gasteiger partial charge in [0, 0.05) is 5.56 Å². The van der Waals surface area contributed by atoms with Gasteiger partial charge in [-0.1, -0.05) is 18.2 Å². The Hall–Kier alpha value is -2.28. The van der Waals surface area contributed by atoms with Crippen molar-refractivity contribution in [2.45, 2.75) is 13.2 Å². The lowest BCUT2D eigenvalue weighted by Crippen LogP contribution is -2.50. The lowest BCUT2D eigenvalue weighted by atomic mass is 9.88. The van der Waals surface area contributed by atoms with E-state index >= 15 is 0 Å². The van der Waals surface area contributed by atoms with Gasteiger partial charge in [0.15, 0.2) is 11.5 Å². The lowest BCUT2D eigenvalue weighted by Gasteiger charge is -2.39. The summed E-state index contributed by atoms with van der Waals surface area (Å²) in [6.45, 7) is 2.53. The van der Waals surface area contributed by atoms with E-state index in [0.717, 1.165) is 11.1 Å². The van der Waals surface area contributed by atoms with E-state index in [0.29, 0.717) is 50.3 Å². The second-order valence-corrected chi connectivity index (χ2v) is 7.05. The molecule has 0 aromatic heterocycles. The van der Waals surface area contributed by atoms with Crippen molar-refractivity contribution in [3.05, 3.63) is 41.5 Å². The molecule has 2 aliphatic rings. The molecule has 2 heterocycles. The molecular formula is C21H24O6. The summed E-state index contributed by atoms with van der Waals surface area (Å²) in [6, 6.07) is 10.0. The smallest absolute Gasteiger partial charge is 0.203 e. The SMILES string of the molecule is COc1ccc(-c2cccc3c2COC3)c(OCC2(CO)COC2)c1OC. The summed E-state index contributed by atoms with van der Waals surface area (Å²) in [7, 11) is 3.20. The van der Waals surface area contributed by atoms with Crippen LogP contribution in [0, 0.1) is 5.41 Å². The molecule has 0 unspecified atom stereocenters. The molecule has 2 aliphatic heterocycles. The minimum Gasteiger partial charge on any atom is -0.493 e. The topological polar surface area (TPSA) is 66.4 Å². The predicted octanol–water partition coefficient (Wildman–Crippen LogP) is 2.79. The van der Waals surface area contributed by atoms with Gasteiger partial charge in [-0.2, -0.15) is 0 Å². The maximum absolute atomic E-state index is 9.72. The Bertz CT molecular complexity index is 822. The van der Waals surface area contributed by atoms with Crippen molar-refractivity contribution in [1.29, 1.82) is 0 Å². The van der Waals surface area contributed by atoms with Crippen LogP contribution in [0.3, 0.4) is 0 Å². The third-order valence-corrected chi connectivity index (χ3v) is 5.24. The number of methoxy groups -OCH3 is 2. The maximum Gasteiger partial charge on any atom is 0.203 e. The molecule has 6 nitrogen and oxygen atoms in total. The first kappa shape index (κ1) is 18.1. The highest BCUT2D eigenvalue weighted by molar-refractivity contribution is 5.79. The summed E-state index contributed by atoms with van der Waals surface area (Å²) in [4.78, 5) is 0. The van der Waals surface area contributed by atoms with Crippen molar-refractivity contribution in [2.75, 3.05) is 40.6 Å². The molecule has 27 heavy (non-hydrogen) atoms. The number of benzene rings is 2. The highest BCUT2D eigenvalue weighted by Gasteiger charge is 2.39. The van der Waals surface area contributed by atoms with Crippen LogP contribution < -0.4 is 14.2 Å². The fourth-order valence-corrected chi connectivity index (χ4v) is 3.55. The molecule has 0 radical (unpaired) electrons. The van der Waals surface area contributed by atoms with Crippen LogP contribution in [0.25, 0.3) is 11.1 Å². The summed E-state index contributed by atoms with van der Waals surface area (Å²) in [5.41, 5.74) is 3.96. The molecule has 0 bridgehead atoms. The summed E-state index contributed by atoms with van der Waals surface area (Å²) in [5.74, 6) is 1.75. The number of ether oxygens (including phenoxy) is 5. The summed E-state index contributed by atoms with van der Waals surface area (Å²) >= 11 is 0. The Balaban J connectivity index is 1.78. The van der Waals surface area contributed by atoms with E-state index in [1.807, 2.05) is 18.2 Å². The Morgan fingerprint density at radius 3 is 2.48 bits per heavy atom. The second-order valence-electron chi connectivity index (χ2n) is 7.05. The van der Waals surface area contributed by atoms with E-state index in [9.17, 15) is 5.11 Å². The van der Waals surface area contributed by atoms with Crippen LogP contribution in [0.1, 0.15) is 11.1 Å². The molecule has 144 valence electrons. The number of rotatable bonds is 7. The molecular weight excluding hydrogens is 348 g/mol. The van der Waals surface area contributed by atoms with Crippen molar-refractivity contribution in [2.24, 2.45) is 5.41 Å². The maximum atomic E-state index is 9.72. The molecule has 4 rings (SSSR count). The van der Waals surface area contributed by atoms with Gasteiger partial charge in [-0.15, -0.1) is 0 Å². The van der Waals surface area contributed by atoms with E-state index in [-0.39, 0.29) is 12.0 Å². The van der Waals surface area contributed by atoms with E-state index < -0.39 is 0 Å². The summed E-state index contributed by atoms with van der Waals surface area (Å²) in [5, 5.41) is 9.72. The molecule has 2 aromatic rings. The summed E-state index contributed by atoms with van der Waals surface area (Å²) < 4.78 is 28.2. The molecule has 0 saturated carbocycles. The van der Waals surface area contributed by atoms with Crippen molar-refractivity contribution in [3.63, 3.8) is 0 Å². The molecule has 1 saturated heterocycles. The van der Waals surface area contributed by atoms with E-state index in [1.54, 1.807) is 14.2 Å². The van der Waals surface area contributed by atoms with E-state index in [4.69, 9.17) is 23.7 Å². The largest absolute Gasteiger partial charge is 0.493 e. The lowest BCUT2D eigenvalue weighted by molar-refractivity contribution is -0.153. The van der Waals surface area contributed by atoms with E-state index in [2.05, 4.69) is 12.1 Å². The van der Waals surface area contributed by atoms with Crippen LogP contribution >= 0.6 is 0 Å². The minimum atomic E-state index is -0.368. The number of hydrogen-bond donors (Lipinski definition) is 1. The first-order valence-electron chi connectivity index (χ1n) is 8.96. The number of aliphatic hydroxyl groups is 1.